The molecular weight excluding hydrogens is 242 g/mol. The summed E-state index contributed by atoms with van der Waals surface area (Å²) in [5.41, 5.74) is 0. The van der Waals surface area contributed by atoms with Gasteiger partial charge in [0.2, 0.25) is 0 Å². The molecule has 0 aliphatic carbocycles. The normalized spacial score (nSPS) is 18.7. The largest absolute Gasteiger partial charge is 0.383 e. The molecule has 2 amide bonds. The third-order valence-corrected chi connectivity index (χ3v) is 3.75. The van der Waals surface area contributed by atoms with Crippen LogP contribution in [0.2, 0.25) is 0 Å². The lowest BCUT2D eigenvalue weighted by atomic mass is 9.99. The Bertz CT molecular complexity index is 274. The summed E-state index contributed by atoms with van der Waals surface area (Å²) in [5.74, 6) is 0.557. The molecule has 1 aliphatic rings. The number of methoxy groups -OCH3 is 1. The Morgan fingerprint density at radius 1 is 1.37 bits per heavy atom. The van der Waals surface area contributed by atoms with Gasteiger partial charge in [-0.25, -0.2) is 4.79 Å². The summed E-state index contributed by atoms with van der Waals surface area (Å²) in [6, 6.07) is 1.01. The topological polar surface area (TPSA) is 44.8 Å². The molecule has 1 rings (SSSR count). The summed E-state index contributed by atoms with van der Waals surface area (Å²) in [4.78, 5) is 15.4. The fourth-order valence-electron chi connectivity index (χ4n) is 2.44. The number of carbonyl (C=O) groups excluding carboxylic acids is 1. The van der Waals surface area contributed by atoms with Crippen LogP contribution in [-0.4, -0.2) is 68.8 Å². The molecule has 5 nitrogen and oxygen atoms in total. The van der Waals surface area contributed by atoms with Crippen molar-refractivity contribution >= 4 is 6.03 Å². The molecule has 0 spiro atoms. The lowest BCUT2D eigenvalue weighted by molar-refractivity contribution is 0.121. The molecule has 1 heterocycles. The number of likely N-dealkylation sites (tertiary alicyclic amines) is 1. The van der Waals surface area contributed by atoms with Crippen molar-refractivity contribution in [2.45, 2.75) is 38.8 Å². The predicted molar refractivity (Wildman–Crippen MR) is 77.3 cm³/mol. The summed E-state index contributed by atoms with van der Waals surface area (Å²) >= 11 is 0. The highest BCUT2D eigenvalue weighted by molar-refractivity contribution is 5.73. The average molecular weight is 271 g/mol. The molecule has 0 aromatic carbocycles. The van der Waals surface area contributed by atoms with Gasteiger partial charge in [0.1, 0.15) is 0 Å². The molecule has 1 N–H and O–H groups in total. The average Bonchev–Trinajstić information content (AvgIpc) is 2.38. The van der Waals surface area contributed by atoms with Gasteiger partial charge in [0.15, 0.2) is 0 Å². The molecule has 1 fully saturated rings. The minimum absolute atomic E-state index is 0.121. The smallest absolute Gasteiger partial charge is 0.319 e. The maximum atomic E-state index is 11.8. The zero-order chi connectivity index (χ0) is 14.4. The van der Waals surface area contributed by atoms with Gasteiger partial charge in [0.25, 0.3) is 0 Å². The minimum Gasteiger partial charge on any atom is -0.383 e. The molecule has 1 saturated heterocycles. The summed E-state index contributed by atoms with van der Waals surface area (Å²) in [5, 5.41) is 3.67. The van der Waals surface area contributed by atoms with Crippen LogP contribution in [0, 0.1) is 5.92 Å². The van der Waals surface area contributed by atoms with Crippen molar-refractivity contribution in [3.63, 3.8) is 0 Å². The van der Waals surface area contributed by atoms with Crippen molar-refractivity contribution in [1.29, 1.82) is 0 Å². The van der Waals surface area contributed by atoms with Crippen LogP contribution in [0.3, 0.4) is 0 Å². The Morgan fingerprint density at radius 3 is 2.37 bits per heavy atom. The summed E-state index contributed by atoms with van der Waals surface area (Å²) in [6.45, 7) is 6.84. The van der Waals surface area contributed by atoms with Crippen molar-refractivity contribution in [3.05, 3.63) is 0 Å². The minimum atomic E-state index is 0.121. The van der Waals surface area contributed by atoms with Crippen LogP contribution < -0.4 is 5.32 Å². The third-order valence-electron chi connectivity index (χ3n) is 3.75. The third kappa shape index (κ3) is 4.99. The van der Waals surface area contributed by atoms with E-state index in [9.17, 15) is 4.79 Å². The number of nitrogens with zero attached hydrogens (tertiary/aromatic N) is 2. The highest BCUT2D eigenvalue weighted by Crippen LogP contribution is 2.14. The van der Waals surface area contributed by atoms with Gasteiger partial charge >= 0.3 is 6.03 Å². The number of hydrogen-bond acceptors (Lipinski definition) is 3. The van der Waals surface area contributed by atoms with E-state index in [1.54, 1.807) is 26.1 Å². The maximum Gasteiger partial charge on any atom is 0.319 e. The van der Waals surface area contributed by atoms with Crippen molar-refractivity contribution in [2.75, 3.05) is 40.9 Å². The van der Waals surface area contributed by atoms with E-state index in [0.29, 0.717) is 18.0 Å². The predicted octanol–water partition coefficient (Wildman–Crippen LogP) is 1.39. The molecule has 1 aliphatic heterocycles. The van der Waals surface area contributed by atoms with Crippen molar-refractivity contribution < 1.29 is 9.53 Å². The van der Waals surface area contributed by atoms with Crippen molar-refractivity contribution in [3.8, 4) is 0 Å². The van der Waals surface area contributed by atoms with E-state index >= 15 is 0 Å². The molecule has 19 heavy (non-hydrogen) atoms. The molecule has 0 aromatic heterocycles. The van der Waals surface area contributed by atoms with Crippen molar-refractivity contribution in [1.82, 2.24) is 15.1 Å². The van der Waals surface area contributed by atoms with Gasteiger partial charge < -0.3 is 19.9 Å². The van der Waals surface area contributed by atoms with E-state index < -0.39 is 0 Å². The van der Waals surface area contributed by atoms with Gasteiger partial charge in [0.05, 0.1) is 6.61 Å². The Morgan fingerprint density at radius 2 is 1.95 bits per heavy atom. The SMILES string of the molecule is COCC(NC1CCN(C(=O)N(C)C)CC1)C(C)C. The number of ether oxygens (including phenoxy) is 1. The van der Waals surface area contributed by atoms with Crippen LogP contribution in [0.25, 0.3) is 0 Å². The molecule has 0 aromatic rings. The Labute approximate surface area is 117 Å². The van der Waals surface area contributed by atoms with Gasteiger partial charge in [-0.1, -0.05) is 13.8 Å². The zero-order valence-corrected chi connectivity index (χ0v) is 13.0. The molecule has 112 valence electrons. The highest BCUT2D eigenvalue weighted by atomic mass is 16.5. The number of nitrogens with one attached hydrogen (secondary N) is 1. The maximum absolute atomic E-state index is 11.8. The van der Waals surface area contributed by atoms with Gasteiger partial charge in [0, 0.05) is 46.4 Å². The Kier molecular flexibility index (Phi) is 6.58. The molecule has 0 radical (unpaired) electrons. The van der Waals surface area contributed by atoms with Gasteiger partial charge in [-0.3, -0.25) is 0 Å². The first-order valence-electron chi connectivity index (χ1n) is 7.17. The van der Waals surface area contributed by atoms with E-state index in [1.165, 1.54) is 0 Å². The van der Waals surface area contributed by atoms with E-state index in [2.05, 4.69) is 19.2 Å². The summed E-state index contributed by atoms with van der Waals surface area (Å²) < 4.78 is 5.26. The zero-order valence-electron chi connectivity index (χ0n) is 13.0. The molecule has 0 saturated carbocycles. The van der Waals surface area contributed by atoms with E-state index in [4.69, 9.17) is 4.74 Å². The van der Waals surface area contributed by atoms with Crippen LogP contribution in [0.1, 0.15) is 26.7 Å². The van der Waals surface area contributed by atoms with Crippen LogP contribution in [0.5, 0.6) is 0 Å². The molecule has 1 unspecified atom stereocenters. The number of rotatable bonds is 5. The quantitative estimate of drug-likeness (QED) is 0.822. The first-order valence-corrected chi connectivity index (χ1v) is 7.17. The molecular formula is C14H29N3O2. The highest BCUT2D eigenvalue weighted by Gasteiger charge is 2.25. The van der Waals surface area contributed by atoms with E-state index in [-0.39, 0.29) is 6.03 Å². The second-order valence-electron chi connectivity index (χ2n) is 5.91. The number of hydrogen-bond donors (Lipinski definition) is 1. The Balaban J connectivity index is 2.39. The monoisotopic (exact) mass is 271 g/mol. The first kappa shape index (κ1) is 16.2. The van der Waals surface area contributed by atoms with Crippen LogP contribution in [-0.2, 0) is 4.74 Å². The number of piperidine rings is 1. The lowest BCUT2D eigenvalue weighted by Crippen LogP contribution is -2.51. The van der Waals surface area contributed by atoms with Gasteiger partial charge in [-0.05, 0) is 18.8 Å². The molecule has 1 atom stereocenters. The van der Waals surface area contributed by atoms with Crippen LogP contribution in [0.15, 0.2) is 0 Å². The van der Waals surface area contributed by atoms with E-state index in [0.717, 1.165) is 32.5 Å². The number of amides is 2. The van der Waals surface area contributed by atoms with Crippen LogP contribution >= 0.6 is 0 Å². The lowest BCUT2D eigenvalue weighted by Gasteiger charge is -2.36. The second-order valence-corrected chi connectivity index (χ2v) is 5.91. The first-order chi connectivity index (χ1) is 8.95. The van der Waals surface area contributed by atoms with Crippen LogP contribution in [0.4, 0.5) is 4.79 Å². The van der Waals surface area contributed by atoms with Gasteiger partial charge in [-0.15, -0.1) is 0 Å². The number of urea groups is 1. The standard InChI is InChI=1S/C14H29N3O2/c1-11(2)13(10-19-5)15-12-6-8-17(9-7-12)14(18)16(3)4/h11-13,15H,6-10H2,1-5H3. The summed E-state index contributed by atoms with van der Waals surface area (Å²) in [6.07, 6.45) is 2.04. The van der Waals surface area contributed by atoms with Gasteiger partial charge in [-0.2, -0.15) is 0 Å². The van der Waals surface area contributed by atoms with Crippen molar-refractivity contribution in [2.24, 2.45) is 5.92 Å². The fraction of sp³-hybridized carbons (Fsp3) is 0.929. The second kappa shape index (κ2) is 7.70. The molecule has 5 heteroatoms. The van der Waals surface area contributed by atoms with E-state index in [1.807, 2.05) is 4.90 Å². The Hall–Kier alpha value is -0.810. The fourth-order valence-corrected chi connectivity index (χ4v) is 2.44. The number of carbonyl (C=O) groups is 1. The molecule has 0 bridgehead atoms. The summed E-state index contributed by atoms with van der Waals surface area (Å²) in [7, 11) is 5.36.